The van der Waals surface area contributed by atoms with Crippen LogP contribution in [0.1, 0.15) is 16.7 Å². The van der Waals surface area contributed by atoms with E-state index in [0.717, 1.165) is 11.5 Å². The Hall–Kier alpha value is -3.62. The van der Waals surface area contributed by atoms with Crippen LogP contribution in [0.15, 0.2) is 47.6 Å². The largest absolute Gasteiger partial charge is 0.416 e. The molecule has 0 unspecified atom stereocenters. The quantitative estimate of drug-likeness (QED) is 0.508. The van der Waals surface area contributed by atoms with Crippen molar-refractivity contribution in [3.8, 4) is 0 Å². The Kier molecular flexibility index (Phi) is 4.37. The molecule has 0 atom stereocenters. The van der Waals surface area contributed by atoms with Crippen LogP contribution < -0.4 is 11.5 Å². The summed E-state index contributed by atoms with van der Waals surface area (Å²) in [4.78, 5) is 12.2. The number of anilines is 2. The maximum atomic E-state index is 13.4. The number of hydrogen-bond donors (Lipinski definition) is 2. The van der Waals surface area contributed by atoms with Crippen molar-refractivity contribution >= 4 is 40.3 Å². The summed E-state index contributed by atoms with van der Waals surface area (Å²) in [5.41, 5.74) is 13.3. The topological polar surface area (TPSA) is 95.1 Å². The van der Waals surface area contributed by atoms with Gasteiger partial charge >= 0.3 is 6.18 Å². The molecule has 2 aromatic heterocycles. The molecule has 29 heavy (non-hydrogen) atoms. The van der Waals surface area contributed by atoms with Gasteiger partial charge in [-0.2, -0.15) is 18.2 Å². The van der Waals surface area contributed by atoms with Crippen molar-refractivity contribution in [1.29, 1.82) is 0 Å². The lowest BCUT2D eigenvalue weighted by Gasteiger charge is -2.15. The number of hydrogen-bond acceptors (Lipinski definition) is 5. The van der Waals surface area contributed by atoms with E-state index in [9.17, 15) is 13.2 Å². The van der Waals surface area contributed by atoms with E-state index in [2.05, 4.69) is 21.7 Å². The van der Waals surface area contributed by atoms with E-state index in [4.69, 9.17) is 11.5 Å². The van der Waals surface area contributed by atoms with E-state index in [1.54, 1.807) is 22.9 Å². The standard InChI is InChI=1S/C20H17F3N6/c1-26-9-12-8-15-13(16-17(12)27-19(25)28-18(16)24)6-7-29(15)10-11-4-2-3-5-14(11)20(21,22)23/h2-8H,1,9-10H2,(H4,24,25,27,28). The van der Waals surface area contributed by atoms with Crippen LogP contribution in [-0.2, 0) is 19.3 Å². The van der Waals surface area contributed by atoms with Crippen LogP contribution in [0.2, 0.25) is 0 Å². The minimum absolute atomic E-state index is 0.0400. The van der Waals surface area contributed by atoms with Gasteiger partial charge in [0, 0.05) is 29.2 Å². The first-order valence-corrected chi connectivity index (χ1v) is 8.70. The molecule has 0 radical (unpaired) electrons. The molecule has 2 heterocycles. The Morgan fingerprint density at radius 2 is 1.83 bits per heavy atom. The molecule has 4 aromatic rings. The number of fused-ring (bicyclic) bond motifs is 3. The molecule has 0 aliphatic heterocycles. The zero-order valence-corrected chi connectivity index (χ0v) is 15.2. The van der Waals surface area contributed by atoms with Crippen LogP contribution in [0.5, 0.6) is 0 Å². The fourth-order valence-corrected chi connectivity index (χ4v) is 3.58. The third-order valence-electron chi connectivity index (χ3n) is 4.79. The molecule has 0 aliphatic carbocycles. The highest BCUT2D eigenvalue weighted by Gasteiger charge is 2.33. The van der Waals surface area contributed by atoms with Crippen LogP contribution in [0.4, 0.5) is 24.9 Å². The summed E-state index contributed by atoms with van der Waals surface area (Å²) in [6, 6.07) is 9.14. The third kappa shape index (κ3) is 3.24. The summed E-state index contributed by atoms with van der Waals surface area (Å²) >= 11 is 0. The zero-order chi connectivity index (χ0) is 20.8. The normalized spacial score (nSPS) is 12.0. The van der Waals surface area contributed by atoms with Gasteiger partial charge in [0.1, 0.15) is 5.82 Å². The second-order valence-electron chi connectivity index (χ2n) is 6.64. The predicted molar refractivity (Wildman–Crippen MR) is 108 cm³/mol. The van der Waals surface area contributed by atoms with Gasteiger partial charge in [0.2, 0.25) is 5.95 Å². The van der Waals surface area contributed by atoms with Gasteiger partial charge in [-0.1, -0.05) is 18.2 Å². The summed E-state index contributed by atoms with van der Waals surface area (Å²) in [6.07, 6.45) is -2.71. The summed E-state index contributed by atoms with van der Waals surface area (Å²) in [5, 5.41) is 1.33. The molecule has 0 amide bonds. The highest BCUT2D eigenvalue weighted by atomic mass is 19.4. The van der Waals surface area contributed by atoms with Gasteiger partial charge in [0.05, 0.1) is 23.0 Å². The smallest absolute Gasteiger partial charge is 0.383 e. The fraction of sp³-hybridized carbons (Fsp3) is 0.150. The first-order valence-electron chi connectivity index (χ1n) is 8.70. The van der Waals surface area contributed by atoms with Gasteiger partial charge in [0.15, 0.2) is 0 Å². The Morgan fingerprint density at radius 1 is 1.07 bits per heavy atom. The average Bonchev–Trinajstić information content (AvgIpc) is 3.04. The van der Waals surface area contributed by atoms with Gasteiger partial charge in [-0.25, -0.2) is 4.98 Å². The molecule has 9 heteroatoms. The van der Waals surface area contributed by atoms with E-state index in [0.29, 0.717) is 22.0 Å². The van der Waals surface area contributed by atoms with Crippen LogP contribution in [0.25, 0.3) is 21.8 Å². The molecule has 0 fully saturated rings. The van der Waals surface area contributed by atoms with Crippen molar-refractivity contribution < 1.29 is 13.2 Å². The SMILES string of the molecule is C=NCc1cc2c(ccn2Cc2ccccc2C(F)(F)F)c2c(N)nc(N)nc12. The lowest BCUT2D eigenvalue weighted by molar-refractivity contribution is -0.138. The Balaban J connectivity index is 1.94. The second kappa shape index (κ2) is 6.77. The monoisotopic (exact) mass is 398 g/mol. The fourth-order valence-electron chi connectivity index (χ4n) is 3.58. The maximum Gasteiger partial charge on any atom is 0.416 e. The average molecular weight is 398 g/mol. The van der Waals surface area contributed by atoms with Gasteiger partial charge in [-0.05, 0) is 30.5 Å². The van der Waals surface area contributed by atoms with Gasteiger partial charge in [-0.15, -0.1) is 0 Å². The number of rotatable bonds is 4. The van der Waals surface area contributed by atoms with Crippen LogP contribution in [-0.4, -0.2) is 21.3 Å². The Bertz CT molecular complexity index is 1240. The summed E-state index contributed by atoms with van der Waals surface area (Å²) < 4.78 is 41.9. The Morgan fingerprint density at radius 3 is 2.55 bits per heavy atom. The third-order valence-corrected chi connectivity index (χ3v) is 4.79. The molecular formula is C20H17F3N6. The van der Waals surface area contributed by atoms with Gasteiger partial charge in [0.25, 0.3) is 0 Å². The molecule has 0 bridgehead atoms. The molecule has 148 valence electrons. The second-order valence-corrected chi connectivity index (χ2v) is 6.64. The molecule has 0 saturated heterocycles. The molecule has 2 aromatic carbocycles. The van der Waals surface area contributed by atoms with E-state index >= 15 is 0 Å². The van der Waals surface area contributed by atoms with Crippen molar-refractivity contribution in [2.24, 2.45) is 4.99 Å². The number of nitrogens with two attached hydrogens (primary N) is 2. The van der Waals surface area contributed by atoms with Crippen LogP contribution in [0, 0.1) is 0 Å². The van der Waals surface area contributed by atoms with Gasteiger partial charge in [-0.3, -0.25) is 4.99 Å². The molecule has 0 aliphatic rings. The number of halogens is 3. The van der Waals surface area contributed by atoms with Crippen LogP contribution in [0.3, 0.4) is 0 Å². The number of benzene rings is 2. The van der Waals surface area contributed by atoms with E-state index < -0.39 is 11.7 Å². The predicted octanol–water partition coefficient (Wildman–Crippen LogP) is 4.02. The number of nitrogen functional groups attached to an aromatic ring is 2. The summed E-state index contributed by atoms with van der Waals surface area (Å²) in [6.45, 7) is 3.82. The van der Waals surface area contributed by atoms with E-state index in [1.165, 1.54) is 12.1 Å². The van der Waals surface area contributed by atoms with E-state index in [-0.39, 0.29) is 30.4 Å². The molecule has 6 nitrogen and oxygen atoms in total. The molecule has 0 saturated carbocycles. The molecule has 0 spiro atoms. The Labute approximate surface area is 163 Å². The van der Waals surface area contributed by atoms with Crippen molar-refractivity contribution in [1.82, 2.24) is 14.5 Å². The maximum absolute atomic E-state index is 13.4. The minimum Gasteiger partial charge on any atom is -0.383 e. The van der Waals surface area contributed by atoms with Crippen molar-refractivity contribution in [2.75, 3.05) is 11.5 Å². The van der Waals surface area contributed by atoms with Crippen molar-refractivity contribution in [3.63, 3.8) is 0 Å². The lowest BCUT2D eigenvalue weighted by atomic mass is 10.0. The highest BCUT2D eigenvalue weighted by Crippen LogP contribution is 2.35. The molecule has 4 rings (SSSR count). The number of aromatic nitrogens is 3. The lowest BCUT2D eigenvalue weighted by Crippen LogP contribution is -2.11. The number of nitrogens with zero attached hydrogens (tertiary/aromatic N) is 4. The number of aliphatic imine (C=N–C) groups is 1. The van der Waals surface area contributed by atoms with Crippen molar-refractivity contribution in [3.05, 3.63) is 59.3 Å². The van der Waals surface area contributed by atoms with Crippen molar-refractivity contribution in [2.45, 2.75) is 19.3 Å². The first-order chi connectivity index (χ1) is 13.8. The first kappa shape index (κ1) is 18.7. The van der Waals surface area contributed by atoms with Crippen LogP contribution >= 0.6 is 0 Å². The summed E-state index contributed by atoms with van der Waals surface area (Å²) in [5.74, 6) is 0.245. The summed E-state index contributed by atoms with van der Waals surface area (Å²) in [7, 11) is 0. The van der Waals surface area contributed by atoms with Gasteiger partial charge < -0.3 is 16.0 Å². The molecular weight excluding hydrogens is 381 g/mol. The molecule has 4 N–H and O–H groups in total. The zero-order valence-electron chi connectivity index (χ0n) is 15.2. The number of alkyl halides is 3. The van der Waals surface area contributed by atoms with E-state index in [1.807, 2.05) is 6.07 Å². The highest BCUT2D eigenvalue weighted by molar-refractivity contribution is 6.11. The minimum atomic E-state index is -4.43.